The Bertz CT molecular complexity index is 332. The van der Waals surface area contributed by atoms with Crippen LogP contribution in [0.5, 0.6) is 0 Å². The van der Waals surface area contributed by atoms with Crippen molar-refractivity contribution in [2.75, 3.05) is 26.7 Å². The van der Waals surface area contributed by atoms with E-state index < -0.39 is 11.9 Å². The van der Waals surface area contributed by atoms with Gasteiger partial charge in [-0.1, -0.05) is 0 Å². The van der Waals surface area contributed by atoms with E-state index >= 15 is 0 Å². The lowest BCUT2D eigenvalue weighted by molar-refractivity contribution is -0.142. The highest BCUT2D eigenvalue weighted by Crippen LogP contribution is 2.40. The lowest BCUT2D eigenvalue weighted by atomic mass is 10.2. The molecule has 1 saturated heterocycles. The maximum atomic E-state index is 12.2. The zero-order valence-electron chi connectivity index (χ0n) is 10.4. The number of carbonyl (C=O) groups excluding carboxylic acids is 1. The summed E-state index contributed by atoms with van der Waals surface area (Å²) < 4.78 is 0. The SMILES string of the molecule is CC1CN(C)CCCN1C(=O)[C@@H]1C[C@@H]1C(=O)O. The second-order valence-corrected chi connectivity index (χ2v) is 5.28. The highest BCUT2D eigenvalue weighted by molar-refractivity contribution is 5.89. The summed E-state index contributed by atoms with van der Waals surface area (Å²) in [6, 6.07) is 0.185. The molecule has 3 atom stereocenters. The molecule has 5 nitrogen and oxygen atoms in total. The van der Waals surface area contributed by atoms with Gasteiger partial charge in [0, 0.05) is 19.1 Å². The van der Waals surface area contributed by atoms with Gasteiger partial charge in [0.25, 0.3) is 0 Å². The molecule has 2 aliphatic rings. The Hall–Kier alpha value is -1.10. The minimum atomic E-state index is -0.831. The van der Waals surface area contributed by atoms with Crippen LogP contribution in [-0.2, 0) is 9.59 Å². The van der Waals surface area contributed by atoms with Crippen LogP contribution < -0.4 is 0 Å². The van der Waals surface area contributed by atoms with E-state index in [-0.39, 0.29) is 17.9 Å². The summed E-state index contributed by atoms with van der Waals surface area (Å²) in [5.41, 5.74) is 0. The van der Waals surface area contributed by atoms with Crippen LogP contribution in [0, 0.1) is 11.8 Å². The van der Waals surface area contributed by atoms with E-state index in [9.17, 15) is 9.59 Å². The van der Waals surface area contributed by atoms with Crippen LogP contribution in [0.15, 0.2) is 0 Å². The van der Waals surface area contributed by atoms with Gasteiger partial charge in [0.05, 0.1) is 11.8 Å². The number of likely N-dealkylation sites (N-methyl/N-ethyl adjacent to an activating group) is 1. The third-order valence-electron chi connectivity index (χ3n) is 3.75. The van der Waals surface area contributed by atoms with Crippen molar-refractivity contribution in [1.29, 1.82) is 0 Å². The third kappa shape index (κ3) is 2.60. The van der Waals surface area contributed by atoms with Crippen LogP contribution >= 0.6 is 0 Å². The van der Waals surface area contributed by atoms with E-state index in [0.29, 0.717) is 6.42 Å². The van der Waals surface area contributed by atoms with Gasteiger partial charge in [-0.2, -0.15) is 0 Å². The molecule has 0 aromatic heterocycles. The molecular formula is C12H20N2O3. The van der Waals surface area contributed by atoms with Gasteiger partial charge in [0.1, 0.15) is 0 Å². The zero-order chi connectivity index (χ0) is 12.6. The molecule has 1 saturated carbocycles. The van der Waals surface area contributed by atoms with Gasteiger partial charge in [0.15, 0.2) is 0 Å². The van der Waals surface area contributed by atoms with Crippen molar-refractivity contribution in [3.05, 3.63) is 0 Å². The third-order valence-corrected chi connectivity index (χ3v) is 3.75. The van der Waals surface area contributed by atoms with Gasteiger partial charge in [-0.25, -0.2) is 0 Å². The van der Waals surface area contributed by atoms with Crippen molar-refractivity contribution < 1.29 is 14.7 Å². The number of carboxylic acids is 1. The van der Waals surface area contributed by atoms with Gasteiger partial charge < -0.3 is 14.9 Å². The first kappa shape index (κ1) is 12.4. The molecule has 1 aliphatic carbocycles. The molecule has 2 rings (SSSR count). The standard InChI is InChI=1S/C12H20N2O3/c1-8-7-13(2)4-3-5-14(8)11(15)9-6-10(9)12(16)17/h8-10H,3-7H2,1-2H3,(H,16,17)/t8?,9-,10+/m1/s1. The molecule has 0 spiro atoms. The lowest BCUT2D eigenvalue weighted by Crippen LogP contribution is -2.43. The van der Waals surface area contributed by atoms with Crippen molar-refractivity contribution in [3.63, 3.8) is 0 Å². The van der Waals surface area contributed by atoms with Crippen molar-refractivity contribution in [2.24, 2.45) is 11.8 Å². The summed E-state index contributed by atoms with van der Waals surface area (Å²) in [6.07, 6.45) is 1.49. The molecule has 0 radical (unpaired) electrons. The summed E-state index contributed by atoms with van der Waals surface area (Å²) in [6.45, 7) is 4.67. The Morgan fingerprint density at radius 3 is 2.53 bits per heavy atom. The predicted octanol–water partition coefficient (Wildman–Crippen LogP) is 0.260. The molecule has 0 aromatic carbocycles. The van der Waals surface area contributed by atoms with Gasteiger partial charge in [0.2, 0.25) is 5.91 Å². The van der Waals surface area contributed by atoms with E-state index in [2.05, 4.69) is 11.9 Å². The van der Waals surface area contributed by atoms with E-state index in [1.54, 1.807) is 0 Å². The number of carboxylic acid groups (broad SMARTS) is 1. The first-order chi connectivity index (χ1) is 8.00. The summed E-state index contributed by atoms with van der Waals surface area (Å²) in [5.74, 6) is -1.49. The van der Waals surface area contributed by atoms with Gasteiger partial charge in [-0.15, -0.1) is 0 Å². The first-order valence-corrected chi connectivity index (χ1v) is 6.22. The number of hydrogen-bond donors (Lipinski definition) is 1. The van der Waals surface area contributed by atoms with E-state index in [4.69, 9.17) is 5.11 Å². The molecule has 1 amide bonds. The smallest absolute Gasteiger partial charge is 0.307 e. The van der Waals surface area contributed by atoms with E-state index in [1.807, 2.05) is 11.8 Å². The number of rotatable bonds is 2. The monoisotopic (exact) mass is 240 g/mol. The first-order valence-electron chi connectivity index (χ1n) is 6.22. The second kappa shape index (κ2) is 4.64. The molecule has 1 aliphatic heterocycles. The quantitative estimate of drug-likeness (QED) is 0.752. The summed E-state index contributed by atoms with van der Waals surface area (Å²) in [5, 5.41) is 8.86. The minimum absolute atomic E-state index is 0.0419. The molecule has 96 valence electrons. The number of aliphatic carboxylic acids is 1. The number of amides is 1. The van der Waals surface area contributed by atoms with Crippen molar-refractivity contribution in [3.8, 4) is 0 Å². The van der Waals surface area contributed by atoms with Crippen molar-refractivity contribution in [2.45, 2.75) is 25.8 Å². The molecule has 0 bridgehead atoms. The normalized spacial score (nSPS) is 34.2. The molecule has 5 heteroatoms. The minimum Gasteiger partial charge on any atom is -0.481 e. The fourth-order valence-corrected chi connectivity index (χ4v) is 2.65. The van der Waals surface area contributed by atoms with Crippen molar-refractivity contribution in [1.82, 2.24) is 9.80 Å². The number of hydrogen-bond acceptors (Lipinski definition) is 3. The van der Waals surface area contributed by atoms with Crippen molar-refractivity contribution >= 4 is 11.9 Å². The molecule has 1 N–H and O–H groups in total. The zero-order valence-corrected chi connectivity index (χ0v) is 10.4. The average molecular weight is 240 g/mol. The maximum absolute atomic E-state index is 12.2. The number of nitrogens with zero attached hydrogens (tertiary/aromatic N) is 2. The van der Waals surface area contributed by atoms with Crippen LogP contribution in [0.25, 0.3) is 0 Å². The molecule has 1 heterocycles. The summed E-state index contributed by atoms with van der Waals surface area (Å²) in [4.78, 5) is 27.1. The second-order valence-electron chi connectivity index (χ2n) is 5.28. The molecular weight excluding hydrogens is 220 g/mol. The molecule has 17 heavy (non-hydrogen) atoms. The van der Waals surface area contributed by atoms with Crippen LogP contribution in [0.2, 0.25) is 0 Å². The average Bonchev–Trinajstić information content (AvgIpc) is 3.02. The molecule has 1 unspecified atom stereocenters. The largest absolute Gasteiger partial charge is 0.481 e. The molecule has 0 aromatic rings. The van der Waals surface area contributed by atoms with Gasteiger partial charge in [-0.05, 0) is 33.4 Å². The predicted molar refractivity (Wildman–Crippen MR) is 62.5 cm³/mol. The fraction of sp³-hybridized carbons (Fsp3) is 0.833. The Kier molecular flexibility index (Phi) is 3.38. The number of carbonyl (C=O) groups is 2. The van der Waals surface area contributed by atoms with E-state index in [1.165, 1.54) is 0 Å². The fourth-order valence-electron chi connectivity index (χ4n) is 2.65. The Morgan fingerprint density at radius 2 is 1.94 bits per heavy atom. The highest BCUT2D eigenvalue weighted by Gasteiger charge is 2.50. The van der Waals surface area contributed by atoms with Gasteiger partial charge >= 0.3 is 5.97 Å². The Labute approximate surface area is 101 Å². The van der Waals surface area contributed by atoms with E-state index in [0.717, 1.165) is 26.1 Å². The van der Waals surface area contributed by atoms with Gasteiger partial charge in [-0.3, -0.25) is 9.59 Å². The van der Waals surface area contributed by atoms with Crippen LogP contribution in [0.3, 0.4) is 0 Å². The molecule has 2 fully saturated rings. The summed E-state index contributed by atoms with van der Waals surface area (Å²) in [7, 11) is 2.06. The highest BCUT2D eigenvalue weighted by atomic mass is 16.4. The maximum Gasteiger partial charge on any atom is 0.307 e. The lowest BCUT2D eigenvalue weighted by Gasteiger charge is -2.28. The van der Waals surface area contributed by atoms with Crippen LogP contribution in [-0.4, -0.2) is 59.5 Å². The summed E-state index contributed by atoms with van der Waals surface area (Å²) >= 11 is 0. The Balaban J connectivity index is 1.97. The van der Waals surface area contributed by atoms with Crippen LogP contribution in [0.4, 0.5) is 0 Å². The van der Waals surface area contributed by atoms with Crippen LogP contribution in [0.1, 0.15) is 19.8 Å². The topological polar surface area (TPSA) is 60.9 Å². The Morgan fingerprint density at radius 1 is 1.24 bits per heavy atom.